The van der Waals surface area contributed by atoms with Gasteiger partial charge in [0.15, 0.2) is 0 Å². The van der Waals surface area contributed by atoms with E-state index in [4.69, 9.17) is 0 Å². The maximum Gasteiger partial charge on any atom is 0.238 e. The summed E-state index contributed by atoms with van der Waals surface area (Å²) in [7, 11) is 4.01. The molecule has 1 amide bonds. The molecule has 0 aliphatic rings. The van der Waals surface area contributed by atoms with Crippen LogP contribution in [-0.4, -0.2) is 44.5 Å². The lowest BCUT2D eigenvalue weighted by molar-refractivity contribution is -0.115. The number of benzene rings is 1. The number of amides is 1. The Kier molecular flexibility index (Phi) is 5.53. The molecule has 0 saturated carbocycles. The predicted octanol–water partition coefficient (Wildman–Crippen LogP) is 0.776. The van der Waals surface area contributed by atoms with Crippen molar-refractivity contribution in [2.24, 2.45) is 0 Å². The zero-order valence-corrected chi connectivity index (χ0v) is 9.86. The summed E-state index contributed by atoms with van der Waals surface area (Å²) >= 11 is 0. The molecule has 0 bridgehead atoms. The van der Waals surface area contributed by atoms with Crippen molar-refractivity contribution in [1.82, 2.24) is 10.2 Å². The van der Waals surface area contributed by atoms with Gasteiger partial charge in [-0.3, -0.25) is 4.79 Å². The van der Waals surface area contributed by atoms with Crippen LogP contribution in [0.25, 0.3) is 0 Å². The maximum absolute atomic E-state index is 11.5. The van der Waals surface area contributed by atoms with Gasteiger partial charge in [-0.05, 0) is 26.2 Å². The van der Waals surface area contributed by atoms with Gasteiger partial charge in [0.05, 0.1) is 6.54 Å². The molecule has 0 aromatic heterocycles. The van der Waals surface area contributed by atoms with Crippen LogP contribution in [0.15, 0.2) is 30.3 Å². The van der Waals surface area contributed by atoms with Crippen molar-refractivity contribution >= 4 is 11.6 Å². The topological polar surface area (TPSA) is 44.4 Å². The zero-order valence-electron chi connectivity index (χ0n) is 9.86. The molecule has 0 atom stereocenters. The van der Waals surface area contributed by atoms with Crippen LogP contribution in [0.1, 0.15) is 0 Å². The molecule has 4 heteroatoms. The molecule has 2 N–H and O–H groups in total. The van der Waals surface area contributed by atoms with Crippen LogP contribution >= 0.6 is 0 Å². The molecule has 0 aliphatic heterocycles. The van der Waals surface area contributed by atoms with Gasteiger partial charge in [-0.1, -0.05) is 18.2 Å². The lowest BCUT2D eigenvalue weighted by Gasteiger charge is -2.10. The van der Waals surface area contributed by atoms with Gasteiger partial charge in [0, 0.05) is 18.8 Å². The first kappa shape index (κ1) is 12.7. The summed E-state index contributed by atoms with van der Waals surface area (Å²) in [6.45, 7) is 2.09. The molecule has 88 valence electrons. The van der Waals surface area contributed by atoms with Gasteiger partial charge < -0.3 is 15.5 Å². The third-order valence-corrected chi connectivity index (χ3v) is 2.08. The highest BCUT2D eigenvalue weighted by atomic mass is 16.1. The second kappa shape index (κ2) is 6.98. The Morgan fingerprint density at radius 1 is 1.25 bits per heavy atom. The number of nitrogens with one attached hydrogen (secondary N) is 2. The van der Waals surface area contributed by atoms with E-state index in [-0.39, 0.29) is 5.91 Å². The number of carbonyl (C=O) groups excluding carboxylic acids is 1. The fourth-order valence-corrected chi connectivity index (χ4v) is 1.23. The molecule has 0 unspecified atom stereocenters. The molecule has 0 heterocycles. The molecule has 0 fully saturated rings. The van der Waals surface area contributed by atoms with E-state index in [0.29, 0.717) is 6.54 Å². The van der Waals surface area contributed by atoms with Crippen molar-refractivity contribution in [2.75, 3.05) is 39.0 Å². The minimum absolute atomic E-state index is 0.00930. The monoisotopic (exact) mass is 221 g/mol. The summed E-state index contributed by atoms with van der Waals surface area (Å²) in [5, 5.41) is 5.90. The highest BCUT2D eigenvalue weighted by Crippen LogP contribution is 2.03. The minimum Gasteiger partial charge on any atom is -0.325 e. The SMILES string of the molecule is CN(C)CCNCC(=O)Nc1ccccc1. The number of carbonyl (C=O) groups is 1. The largest absolute Gasteiger partial charge is 0.325 e. The minimum atomic E-state index is -0.00930. The van der Waals surface area contributed by atoms with Gasteiger partial charge in [-0.25, -0.2) is 0 Å². The lowest BCUT2D eigenvalue weighted by Crippen LogP contribution is -2.33. The van der Waals surface area contributed by atoms with Crippen LogP contribution in [0.5, 0.6) is 0 Å². The summed E-state index contributed by atoms with van der Waals surface area (Å²) < 4.78 is 0. The number of hydrogen-bond donors (Lipinski definition) is 2. The Morgan fingerprint density at radius 2 is 1.94 bits per heavy atom. The van der Waals surface area contributed by atoms with Crippen molar-refractivity contribution in [3.63, 3.8) is 0 Å². The highest BCUT2D eigenvalue weighted by molar-refractivity contribution is 5.92. The predicted molar refractivity (Wildman–Crippen MR) is 66.5 cm³/mol. The van der Waals surface area contributed by atoms with Crippen molar-refractivity contribution in [3.8, 4) is 0 Å². The first-order valence-electron chi connectivity index (χ1n) is 5.39. The molecular formula is C12H19N3O. The average molecular weight is 221 g/mol. The van der Waals surface area contributed by atoms with Gasteiger partial charge in [0.25, 0.3) is 0 Å². The summed E-state index contributed by atoms with van der Waals surface area (Å²) in [4.78, 5) is 13.5. The molecule has 1 aromatic rings. The van der Waals surface area contributed by atoms with E-state index in [2.05, 4.69) is 15.5 Å². The van der Waals surface area contributed by atoms with Crippen molar-refractivity contribution in [2.45, 2.75) is 0 Å². The van der Waals surface area contributed by atoms with Gasteiger partial charge in [0.2, 0.25) is 5.91 Å². The second-order valence-corrected chi connectivity index (χ2v) is 3.89. The van der Waals surface area contributed by atoms with Gasteiger partial charge in [-0.15, -0.1) is 0 Å². The summed E-state index contributed by atoms with van der Waals surface area (Å²) in [5.41, 5.74) is 0.835. The van der Waals surface area contributed by atoms with Crippen molar-refractivity contribution < 1.29 is 4.79 Å². The van der Waals surface area contributed by atoms with Crippen molar-refractivity contribution in [3.05, 3.63) is 30.3 Å². The molecule has 1 rings (SSSR count). The number of rotatable bonds is 6. The van der Waals surface area contributed by atoms with E-state index in [1.165, 1.54) is 0 Å². The first-order chi connectivity index (χ1) is 7.68. The second-order valence-electron chi connectivity index (χ2n) is 3.89. The standard InChI is InChI=1S/C12H19N3O/c1-15(2)9-8-13-10-12(16)14-11-6-4-3-5-7-11/h3-7,13H,8-10H2,1-2H3,(H,14,16). The van der Waals surface area contributed by atoms with Crippen LogP contribution in [0, 0.1) is 0 Å². The van der Waals surface area contributed by atoms with Crippen molar-refractivity contribution in [1.29, 1.82) is 0 Å². The van der Waals surface area contributed by atoms with Gasteiger partial charge in [0.1, 0.15) is 0 Å². The number of hydrogen-bond acceptors (Lipinski definition) is 3. The molecule has 0 saturated heterocycles. The zero-order chi connectivity index (χ0) is 11.8. The molecule has 0 spiro atoms. The van der Waals surface area contributed by atoms with E-state index < -0.39 is 0 Å². The molecule has 0 radical (unpaired) electrons. The molecule has 1 aromatic carbocycles. The Labute approximate surface area is 96.6 Å². The van der Waals surface area contributed by atoms with Crippen LogP contribution < -0.4 is 10.6 Å². The number of para-hydroxylation sites is 1. The third-order valence-electron chi connectivity index (χ3n) is 2.08. The van der Waals surface area contributed by atoms with Crippen LogP contribution in [0.4, 0.5) is 5.69 Å². The van der Waals surface area contributed by atoms with Gasteiger partial charge >= 0.3 is 0 Å². The normalized spacial score (nSPS) is 10.4. The fourth-order valence-electron chi connectivity index (χ4n) is 1.23. The van der Waals surface area contributed by atoms with Gasteiger partial charge in [-0.2, -0.15) is 0 Å². The summed E-state index contributed by atoms with van der Waals surface area (Å²) in [5.74, 6) is -0.00930. The molecule has 16 heavy (non-hydrogen) atoms. The van der Waals surface area contributed by atoms with Crippen LogP contribution in [0.3, 0.4) is 0 Å². The molecule has 0 aliphatic carbocycles. The van der Waals surface area contributed by atoms with E-state index in [1.807, 2.05) is 44.4 Å². The quantitative estimate of drug-likeness (QED) is 0.698. The third kappa shape index (κ3) is 5.48. The number of anilines is 1. The van der Waals surface area contributed by atoms with E-state index in [9.17, 15) is 4.79 Å². The highest BCUT2D eigenvalue weighted by Gasteiger charge is 2.00. The number of nitrogens with zero attached hydrogens (tertiary/aromatic N) is 1. The number of likely N-dealkylation sites (N-methyl/N-ethyl adjacent to an activating group) is 1. The summed E-state index contributed by atoms with van der Waals surface area (Å²) in [6, 6.07) is 9.46. The Bertz CT molecular complexity index is 311. The van der Waals surface area contributed by atoms with E-state index in [1.54, 1.807) is 0 Å². The van der Waals surface area contributed by atoms with E-state index in [0.717, 1.165) is 18.8 Å². The maximum atomic E-state index is 11.5. The smallest absolute Gasteiger partial charge is 0.238 e. The molecule has 4 nitrogen and oxygen atoms in total. The fraction of sp³-hybridized carbons (Fsp3) is 0.417. The van der Waals surface area contributed by atoms with Crippen LogP contribution in [0.2, 0.25) is 0 Å². The first-order valence-corrected chi connectivity index (χ1v) is 5.39. The lowest BCUT2D eigenvalue weighted by atomic mass is 10.3. The summed E-state index contributed by atoms with van der Waals surface area (Å²) in [6.07, 6.45) is 0. The Morgan fingerprint density at radius 3 is 2.56 bits per heavy atom. The Hall–Kier alpha value is -1.39. The Balaban J connectivity index is 2.17. The van der Waals surface area contributed by atoms with Crippen LogP contribution in [-0.2, 0) is 4.79 Å². The average Bonchev–Trinajstić information content (AvgIpc) is 2.25. The molecular weight excluding hydrogens is 202 g/mol. The van der Waals surface area contributed by atoms with E-state index >= 15 is 0 Å².